The molecule has 1 amide bonds. The van der Waals surface area contributed by atoms with Gasteiger partial charge in [-0.05, 0) is 26.7 Å². The van der Waals surface area contributed by atoms with Crippen LogP contribution in [0.4, 0.5) is 0 Å². The van der Waals surface area contributed by atoms with E-state index in [9.17, 15) is 9.36 Å². The Kier molecular flexibility index (Phi) is 11.9. The molecule has 0 aromatic carbocycles. The molecule has 21 heavy (non-hydrogen) atoms. The van der Waals surface area contributed by atoms with Gasteiger partial charge in [-0.25, -0.2) is 4.57 Å². The first-order valence-electron chi connectivity index (χ1n) is 7.84. The van der Waals surface area contributed by atoms with Crippen LogP contribution in [-0.2, 0) is 22.9 Å². The second-order valence-electron chi connectivity index (χ2n) is 4.66. The van der Waals surface area contributed by atoms with Gasteiger partial charge in [0.15, 0.2) is 0 Å². The number of nitrogens with zero attached hydrogens (tertiary/aromatic N) is 1. The van der Waals surface area contributed by atoms with E-state index in [-0.39, 0.29) is 12.5 Å². The van der Waals surface area contributed by atoms with Crippen LogP contribution in [0, 0.1) is 0 Å². The molecule has 0 heterocycles. The normalized spacial score (nSPS) is 11.6. The molecule has 0 atom stereocenters. The van der Waals surface area contributed by atoms with Crippen LogP contribution in [0.25, 0.3) is 0 Å². The molecule has 0 N–H and O–H groups in total. The fourth-order valence-electron chi connectivity index (χ4n) is 1.56. The van der Waals surface area contributed by atoms with Crippen molar-refractivity contribution in [2.75, 3.05) is 32.9 Å². The lowest BCUT2D eigenvalue weighted by Crippen LogP contribution is -2.33. The third-order valence-corrected chi connectivity index (χ3v) is 4.40. The van der Waals surface area contributed by atoms with Gasteiger partial charge in [0, 0.05) is 13.1 Å². The predicted octanol–water partition coefficient (Wildman–Crippen LogP) is 3.61. The first kappa shape index (κ1) is 20.6. The van der Waals surface area contributed by atoms with Crippen LogP contribution in [0.3, 0.4) is 0 Å². The van der Waals surface area contributed by atoms with Crippen molar-refractivity contribution in [3.63, 3.8) is 0 Å². The minimum absolute atomic E-state index is 0.210. The van der Waals surface area contributed by atoms with Crippen molar-refractivity contribution in [1.29, 1.82) is 0 Å². The van der Waals surface area contributed by atoms with Gasteiger partial charge in [0.1, 0.15) is 6.61 Å². The Hall–Kier alpha value is -0.420. The molecule has 0 saturated heterocycles. The minimum atomic E-state index is -3.64. The van der Waals surface area contributed by atoms with Crippen molar-refractivity contribution in [3.8, 4) is 0 Å². The maximum Gasteiger partial charge on any atom is 0.475 e. The SMILES string of the molecule is CCCCOP(=O)(OCCCC)OCC(=O)N(CC)CC. The summed E-state index contributed by atoms with van der Waals surface area (Å²) in [6, 6.07) is 0. The van der Waals surface area contributed by atoms with Gasteiger partial charge in [0.05, 0.1) is 13.2 Å². The van der Waals surface area contributed by atoms with E-state index in [2.05, 4.69) is 0 Å². The fraction of sp³-hybridized carbons (Fsp3) is 0.929. The molecular formula is C14H30NO5P. The van der Waals surface area contributed by atoms with E-state index in [1.54, 1.807) is 4.90 Å². The molecule has 0 fully saturated rings. The molecule has 0 spiro atoms. The number of carbonyl (C=O) groups excluding carboxylic acids is 1. The highest BCUT2D eigenvalue weighted by molar-refractivity contribution is 7.48. The highest BCUT2D eigenvalue weighted by Gasteiger charge is 2.28. The topological polar surface area (TPSA) is 65.1 Å². The molecule has 0 radical (unpaired) electrons. The van der Waals surface area contributed by atoms with E-state index < -0.39 is 7.82 Å². The highest BCUT2D eigenvalue weighted by atomic mass is 31.2. The largest absolute Gasteiger partial charge is 0.475 e. The summed E-state index contributed by atoms with van der Waals surface area (Å²) in [4.78, 5) is 13.5. The van der Waals surface area contributed by atoms with Crippen LogP contribution in [0.15, 0.2) is 0 Å². The number of hydrogen-bond donors (Lipinski definition) is 0. The molecule has 0 aromatic rings. The average molecular weight is 323 g/mol. The van der Waals surface area contributed by atoms with E-state index in [4.69, 9.17) is 13.6 Å². The van der Waals surface area contributed by atoms with Gasteiger partial charge in [-0.3, -0.25) is 18.4 Å². The summed E-state index contributed by atoms with van der Waals surface area (Å²) in [5.41, 5.74) is 0. The molecule has 0 aliphatic carbocycles. The highest BCUT2D eigenvalue weighted by Crippen LogP contribution is 2.49. The Balaban J connectivity index is 4.43. The lowest BCUT2D eigenvalue weighted by atomic mass is 10.4. The van der Waals surface area contributed by atoms with Crippen LogP contribution in [0.5, 0.6) is 0 Å². The van der Waals surface area contributed by atoms with E-state index in [1.807, 2.05) is 27.7 Å². The summed E-state index contributed by atoms with van der Waals surface area (Å²) in [5, 5.41) is 0. The van der Waals surface area contributed by atoms with Crippen molar-refractivity contribution in [2.24, 2.45) is 0 Å². The molecule has 0 saturated carbocycles. The standard InChI is InChI=1S/C14H30NO5P/c1-5-9-11-18-21(17,19-12-10-6-2)20-13-14(16)15(7-3)8-4/h5-13H2,1-4H3. The van der Waals surface area contributed by atoms with E-state index in [0.717, 1.165) is 25.7 Å². The van der Waals surface area contributed by atoms with Crippen molar-refractivity contribution in [2.45, 2.75) is 53.4 Å². The third-order valence-electron chi connectivity index (χ3n) is 2.96. The van der Waals surface area contributed by atoms with Gasteiger partial charge in [0.2, 0.25) is 5.91 Å². The van der Waals surface area contributed by atoms with Crippen LogP contribution >= 0.6 is 7.82 Å². The minimum Gasteiger partial charge on any atom is -0.341 e. The number of phosphoric ester groups is 1. The quantitative estimate of drug-likeness (QED) is 0.383. The third kappa shape index (κ3) is 9.25. The maximum absolute atomic E-state index is 12.4. The summed E-state index contributed by atoms with van der Waals surface area (Å²) in [7, 11) is -3.64. The predicted molar refractivity (Wildman–Crippen MR) is 83.2 cm³/mol. The molecule has 0 rings (SSSR count). The summed E-state index contributed by atoms with van der Waals surface area (Å²) < 4.78 is 28.1. The molecule has 126 valence electrons. The molecule has 7 heteroatoms. The smallest absolute Gasteiger partial charge is 0.341 e. The van der Waals surface area contributed by atoms with Crippen molar-refractivity contribution in [1.82, 2.24) is 4.90 Å². The number of carbonyl (C=O) groups is 1. The van der Waals surface area contributed by atoms with Crippen molar-refractivity contribution in [3.05, 3.63) is 0 Å². The average Bonchev–Trinajstić information content (AvgIpc) is 2.47. The van der Waals surface area contributed by atoms with Gasteiger partial charge in [0.25, 0.3) is 0 Å². The maximum atomic E-state index is 12.4. The molecule has 0 bridgehead atoms. The Morgan fingerprint density at radius 3 is 1.76 bits per heavy atom. The lowest BCUT2D eigenvalue weighted by Gasteiger charge is -2.21. The Morgan fingerprint density at radius 2 is 1.38 bits per heavy atom. The van der Waals surface area contributed by atoms with E-state index in [0.29, 0.717) is 26.3 Å². The van der Waals surface area contributed by atoms with E-state index in [1.165, 1.54) is 0 Å². The zero-order valence-corrected chi connectivity index (χ0v) is 14.7. The number of rotatable bonds is 13. The molecule has 6 nitrogen and oxygen atoms in total. The van der Waals surface area contributed by atoms with Crippen molar-refractivity contribution >= 4 is 13.7 Å². The number of hydrogen-bond acceptors (Lipinski definition) is 5. The summed E-state index contributed by atoms with van der Waals surface area (Å²) in [6.07, 6.45) is 3.39. The molecule has 0 aliphatic heterocycles. The fourth-order valence-corrected chi connectivity index (χ4v) is 2.75. The summed E-state index contributed by atoms with van der Waals surface area (Å²) in [6.45, 7) is 9.31. The monoisotopic (exact) mass is 323 g/mol. The second kappa shape index (κ2) is 12.2. The van der Waals surface area contributed by atoms with Gasteiger partial charge < -0.3 is 4.90 Å². The zero-order valence-electron chi connectivity index (χ0n) is 13.8. The number of likely N-dealkylation sites (N-methyl/N-ethyl adjacent to an activating group) is 1. The Bertz CT molecular complexity index is 306. The Morgan fingerprint density at radius 1 is 0.905 bits per heavy atom. The number of unbranched alkanes of at least 4 members (excludes halogenated alkanes) is 2. The van der Waals surface area contributed by atoms with Crippen LogP contribution in [-0.4, -0.2) is 43.7 Å². The van der Waals surface area contributed by atoms with Crippen LogP contribution in [0.1, 0.15) is 53.4 Å². The zero-order chi connectivity index (χ0) is 16.1. The van der Waals surface area contributed by atoms with Gasteiger partial charge in [-0.2, -0.15) is 0 Å². The summed E-state index contributed by atoms with van der Waals surface area (Å²) >= 11 is 0. The number of amides is 1. The summed E-state index contributed by atoms with van der Waals surface area (Å²) in [5.74, 6) is -0.210. The van der Waals surface area contributed by atoms with Gasteiger partial charge in [-0.15, -0.1) is 0 Å². The first-order valence-corrected chi connectivity index (χ1v) is 9.30. The van der Waals surface area contributed by atoms with Gasteiger partial charge in [-0.1, -0.05) is 26.7 Å². The number of phosphoric acid groups is 1. The Labute approximate surface area is 128 Å². The molecule has 0 aliphatic rings. The molecule has 0 aromatic heterocycles. The first-order chi connectivity index (χ1) is 10.0. The second-order valence-corrected chi connectivity index (χ2v) is 6.33. The molecule has 0 unspecified atom stereocenters. The van der Waals surface area contributed by atoms with Crippen LogP contribution in [0.2, 0.25) is 0 Å². The van der Waals surface area contributed by atoms with Gasteiger partial charge >= 0.3 is 7.82 Å². The van der Waals surface area contributed by atoms with E-state index >= 15 is 0 Å². The van der Waals surface area contributed by atoms with Crippen LogP contribution < -0.4 is 0 Å². The molecular weight excluding hydrogens is 293 g/mol. The van der Waals surface area contributed by atoms with Crippen molar-refractivity contribution < 1.29 is 22.9 Å². The lowest BCUT2D eigenvalue weighted by molar-refractivity contribution is -0.133.